The average Bonchev–Trinajstić information content (AvgIpc) is 2.46. The summed E-state index contributed by atoms with van der Waals surface area (Å²) in [6.45, 7) is 1.74. The van der Waals surface area contributed by atoms with Gasteiger partial charge < -0.3 is 9.47 Å². The van der Waals surface area contributed by atoms with Gasteiger partial charge >= 0.3 is 5.97 Å². The molecule has 0 saturated carbocycles. The second-order valence-electron chi connectivity index (χ2n) is 4.26. The predicted octanol–water partition coefficient (Wildman–Crippen LogP) is 1.77. The van der Waals surface area contributed by atoms with Crippen LogP contribution in [0.25, 0.3) is 0 Å². The first kappa shape index (κ1) is 16.2. The van der Waals surface area contributed by atoms with Crippen LogP contribution in [0, 0.1) is 11.3 Å². The lowest BCUT2D eigenvalue weighted by Crippen LogP contribution is -2.18. The highest BCUT2D eigenvalue weighted by Crippen LogP contribution is 2.20. The summed E-state index contributed by atoms with van der Waals surface area (Å²) in [7, 11) is 1.59. The number of methoxy groups -OCH3 is 2. The van der Waals surface area contributed by atoms with E-state index in [9.17, 15) is 9.00 Å². The molecule has 0 aromatic heterocycles. The maximum Gasteiger partial charge on any atom is 0.306 e. The third-order valence-corrected chi connectivity index (χ3v) is 4.51. The van der Waals surface area contributed by atoms with Crippen molar-refractivity contribution in [1.82, 2.24) is 0 Å². The Bertz CT molecular complexity index is 551. The first-order valence-corrected chi connectivity index (χ1v) is 7.41. The van der Waals surface area contributed by atoms with Crippen LogP contribution in [0.4, 0.5) is 0 Å². The van der Waals surface area contributed by atoms with Crippen LogP contribution in [-0.2, 0) is 26.1 Å². The lowest BCUT2D eigenvalue weighted by Gasteiger charge is -2.11. The quantitative estimate of drug-likeness (QED) is 0.747. The van der Waals surface area contributed by atoms with Gasteiger partial charge in [0.2, 0.25) is 0 Å². The number of carbonyl (C=O) groups is 1. The summed E-state index contributed by atoms with van der Waals surface area (Å²) in [5, 5.41) is 8.70. The number of rotatable bonds is 6. The monoisotopic (exact) mass is 295 g/mol. The average molecular weight is 295 g/mol. The van der Waals surface area contributed by atoms with Crippen LogP contribution < -0.4 is 4.74 Å². The highest BCUT2D eigenvalue weighted by Gasteiger charge is 2.17. The number of ether oxygens (including phenoxy) is 2. The molecular weight excluding hydrogens is 278 g/mol. The van der Waals surface area contributed by atoms with E-state index in [0.29, 0.717) is 11.3 Å². The molecule has 0 aliphatic rings. The maximum atomic E-state index is 12.1. The van der Waals surface area contributed by atoms with Crippen molar-refractivity contribution < 1.29 is 18.5 Å². The van der Waals surface area contributed by atoms with Gasteiger partial charge in [0.25, 0.3) is 0 Å². The minimum Gasteiger partial charge on any atom is -0.495 e. The molecule has 6 heteroatoms. The first-order chi connectivity index (χ1) is 9.51. The number of benzene rings is 1. The molecule has 0 heterocycles. The fourth-order valence-electron chi connectivity index (χ4n) is 1.65. The standard InChI is InChI=1S/C14H17NO4S/c1-10(6-14(16)19-3)20(17)9-11-4-5-13(18-2)12(7-11)8-15/h4-5,7,10H,6,9H2,1-3H3. The zero-order chi connectivity index (χ0) is 15.1. The van der Waals surface area contributed by atoms with Gasteiger partial charge in [0.05, 0.1) is 26.2 Å². The molecule has 108 valence electrons. The van der Waals surface area contributed by atoms with E-state index >= 15 is 0 Å². The zero-order valence-electron chi connectivity index (χ0n) is 11.7. The molecule has 1 aromatic carbocycles. The van der Waals surface area contributed by atoms with Gasteiger partial charge in [-0.3, -0.25) is 9.00 Å². The van der Waals surface area contributed by atoms with E-state index in [1.807, 2.05) is 6.07 Å². The number of esters is 1. The Hall–Kier alpha value is -1.87. The Morgan fingerprint density at radius 1 is 1.45 bits per heavy atom. The summed E-state index contributed by atoms with van der Waals surface area (Å²) in [6.07, 6.45) is 0.115. The summed E-state index contributed by atoms with van der Waals surface area (Å²) in [6, 6.07) is 7.13. The smallest absolute Gasteiger partial charge is 0.306 e. The number of hydrogen-bond acceptors (Lipinski definition) is 5. The number of hydrogen-bond donors (Lipinski definition) is 0. The normalized spacial score (nSPS) is 13.1. The maximum absolute atomic E-state index is 12.1. The van der Waals surface area contributed by atoms with Crippen molar-refractivity contribution in [2.45, 2.75) is 24.3 Å². The molecule has 0 N–H and O–H groups in total. The third kappa shape index (κ3) is 4.35. The molecule has 0 spiro atoms. The van der Waals surface area contributed by atoms with Crippen LogP contribution in [-0.4, -0.2) is 29.6 Å². The molecule has 0 radical (unpaired) electrons. The lowest BCUT2D eigenvalue weighted by molar-refractivity contribution is -0.140. The highest BCUT2D eigenvalue weighted by molar-refractivity contribution is 7.84. The van der Waals surface area contributed by atoms with Gasteiger partial charge in [0.1, 0.15) is 11.8 Å². The van der Waals surface area contributed by atoms with Crippen molar-refractivity contribution in [3.8, 4) is 11.8 Å². The molecule has 0 aliphatic heterocycles. The second-order valence-corrected chi connectivity index (χ2v) is 6.12. The Labute approximate surface area is 121 Å². The number of carbonyl (C=O) groups excluding carboxylic acids is 1. The Morgan fingerprint density at radius 2 is 2.15 bits per heavy atom. The fourth-order valence-corrected chi connectivity index (χ4v) is 2.76. The summed E-state index contributed by atoms with van der Waals surface area (Å²) in [5.41, 5.74) is 1.18. The number of nitrogens with zero attached hydrogens (tertiary/aromatic N) is 1. The van der Waals surface area contributed by atoms with E-state index in [1.54, 1.807) is 25.1 Å². The van der Waals surface area contributed by atoms with Gasteiger partial charge in [-0.05, 0) is 17.7 Å². The molecular formula is C14H17NO4S. The molecule has 1 aromatic rings. The van der Waals surface area contributed by atoms with Crippen LogP contribution in [0.15, 0.2) is 18.2 Å². The van der Waals surface area contributed by atoms with Crippen molar-refractivity contribution in [3.05, 3.63) is 29.3 Å². The molecule has 2 unspecified atom stereocenters. The van der Waals surface area contributed by atoms with Crippen molar-refractivity contribution >= 4 is 16.8 Å². The highest BCUT2D eigenvalue weighted by atomic mass is 32.2. The third-order valence-electron chi connectivity index (χ3n) is 2.82. The van der Waals surface area contributed by atoms with Gasteiger partial charge in [-0.2, -0.15) is 5.26 Å². The summed E-state index contributed by atoms with van der Waals surface area (Å²) >= 11 is 0. The summed E-state index contributed by atoms with van der Waals surface area (Å²) < 4.78 is 21.7. The van der Waals surface area contributed by atoms with Crippen molar-refractivity contribution in [2.24, 2.45) is 0 Å². The van der Waals surface area contributed by atoms with Gasteiger partial charge in [0, 0.05) is 21.8 Å². The fraction of sp³-hybridized carbons (Fsp3) is 0.429. The Balaban J connectivity index is 2.76. The van der Waals surface area contributed by atoms with Crippen LogP contribution in [0.2, 0.25) is 0 Å². The molecule has 0 saturated heterocycles. The van der Waals surface area contributed by atoms with E-state index in [4.69, 9.17) is 10.00 Å². The summed E-state index contributed by atoms with van der Waals surface area (Å²) in [4.78, 5) is 11.1. The van der Waals surface area contributed by atoms with Gasteiger partial charge in [-0.1, -0.05) is 13.0 Å². The van der Waals surface area contributed by atoms with Crippen molar-refractivity contribution in [2.75, 3.05) is 14.2 Å². The lowest BCUT2D eigenvalue weighted by atomic mass is 10.1. The minimum atomic E-state index is -1.21. The predicted molar refractivity (Wildman–Crippen MR) is 75.7 cm³/mol. The van der Waals surface area contributed by atoms with Crippen molar-refractivity contribution in [3.63, 3.8) is 0 Å². The van der Waals surface area contributed by atoms with E-state index in [-0.39, 0.29) is 23.4 Å². The van der Waals surface area contributed by atoms with E-state index in [0.717, 1.165) is 5.56 Å². The number of nitriles is 1. The topological polar surface area (TPSA) is 76.4 Å². The van der Waals surface area contributed by atoms with Gasteiger partial charge in [0.15, 0.2) is 0 Å². The Kier molecular flexibility index (Phi) is 6.19. The molecule has 20 heavy (non-hydrogen) atoms. The molecule has 0 aliphatic carbocycles. The van der Waals surface area contributed by atoms with E-state index < -0.39 is 10.8 Å². The molecule has 0 bridgehead atoms. The van der Waals surface area contributed by atoms with E-state index in [2.05, 4.69) is 4.74 Å². The van der Waals surface area contributed by atoms with Gasteiger partial charge in [-0.25, -0.2) is 0 Å². The SMILES string of the molecule is COC(=O)CC(C)S(=O)Cc1ccc(OC)c(C#N)c1. The first-order valence-electron chi connectivity index (χ1n) is 6.02. The minimum absolute atomic E-state index is 0.115. The van der Waals surface area contributed by atoms with Gasteiger partial charge in [-0.15, -0.1) is 0 Å². The molecule has 2 atom stereocenters. The van der Waals surface area contributed by atoms with Crippen LogP contribution in [0.3, 0.4) is 0 Å². The second kappa shape index (κ2) is 7.65. The molecule has 5 nitrogen and oxygen atoms in total. The van der Waals surface area contributed by atoms with Crippen molar-refractivity contribution in [1.29, 1.82) is 5.26 Å². The van der Waals surface area contributed by atoms with Crippen LogP contribution in [0.1, 0.15) is 24.5 Å². The molecule has 0 amide bonds. The largest absolute Gasteiger partial charge is 0.495 e. The zero-order valence-corrected chi connectivity index (χ0v) is 12.5. The van der Waals surface area contributed by atoms with E-state index in [1.165, 1.54) is 14.2 Å². The molecule has 1 rings (SSSR count). The molecule has 0 fully saturated rings. The Morgan fingerprint density at radius 3 is 2.70 bits per heavy atom. The van der Waals surface area contributed by atoms with Crippen LogP contribution in [0.5, 0.6) is 5.75 Å². The summed E-state index contributed by atoms with van der Waals surface area (Å²) in [5.74, 6) is 0.402. The van der Waals surface area contributed by atoms with Crippen LogP contribution >= 0.6 is 0 Å².